The second kappa shape index (κ2) is 4.99. The van der Waals surface area contributed by atoms with Crippen LogP contribution in [0.25, 0.3) is 0 Å². The lowest BCUT2D eigenvalue weighted by atomic mass is 10.1. The van der Waals surface area contributed by atoms with Gasteiger partial charge in [-0.25, -0.2) is 0 Å². The summed E-state index contributed by atoms with van der Waals surface area (Å²) >= 11 is 0. The predicted octanol–water partition coefficient (Wildman–Crippen LogP) is 3.82. The maximum absolute atomic E-state index is 3.29. The quantitative estimate of drug-likeness (QED) is 0.516. The van der Waals surface area contributed by atoms with Crippen molar-refractivity contribution in [3.63, 3.8) is 0 Å². The van der Waals surface area contributed by atoms with E-state index in [0.29, 0.717) is 0 Å². The summed E-state index contributed by atoms with van der Waals surface area (Å²) in [6, 6.07) is 10.5. The minimum absolute atomic E-state index is 0.988. The fraction of sp³-hybridized carbons (Fsp3) is 0.308. The second-order valence-corrected chi connectivity index (χ2v) is 9.59. The van der Waals surface area contributed by atoms with Crippen LogP contribution < -0.4 is 0 Å². The van der Waals surface area contributed by atoms with Gasteiger partial charge in [0.1, 0.15) is 0 Å². The maximum atomic E-state index is 3.29. The Morgan fingerprint density at radius 2 is 1.79 bits per heavy atom. The summed E-state index contributed by atoms with van der Waals surface area (Å²) in [4.78, 5) is 0. The van der Waals surface area contributed by atoms with E-state index in [-0.39, 0.29) is 0 Å². The van der Waals surface area contributed by atoms with E-state index in [2.05, 4.69) is 61.4 Å². The minimum Gasteiger partial charge on any atom is -0.134 e. The van der Waals surface area contributed by atoms with Crippen molar-refractivity contribution >= 4 is 8.07 Å². The predicted molar refractivity (Wildman–Crippen MR) is 66.1 cm³/mol. The number of benzene rings is 1. The molecule has 1 heteroatoms. The molecule has 0 radical (unpaired) electrons. The molecule has 0 aliphatic rings. The van der Waals surface area contributed by atoms with Crippen molar-refractivity contribution in [1.82, 2.24) is 0 Å². The van der Waals surface area contributed by atoms with Crippen molar-refractivity contribution in [3.8, 4) is 0 Å². The van der Waals surface area contributed by atoms with Gasteiger partial charge in [-0.2, -0.15) is 0 Å². The summed E-state index contributed by atoms with van der Waals surface area (Å²) in [7, 11) is -1.06. The number of allylic oxidation sites excluding steroid dienone is 1. The number of hydrogen-bond donors (Lipinski definition) is 0. The number of hydrogen-bond acceptors (Lipinski definition) is 0. The molecule has 1 aromatic rings. The third kappa shape index (κ3) is 4.86. The Hall–Kier alpha value is -1.04. The molecule has 0 spiro atoms. The normalized spacial score (nSPS) is 10.5. The molecule has 0 bridgehead atoms. The van der Waals surface area contributed by atoms with Gasteiger partial charge >= 0.3 is 0 Å². The van der Waals surface area contributed by atoms with Crippen molar-refractivity contribution in [2.75, 3.05) is 0 Å². The van der Waals surface area contributed by atoms with Crippen molar-refractivity contribution in [2.24, 2.45) is 0 Å². The first-order valence-electron chi connectivity index (χ1n) is 5.04. The van der Waals surface area contributed by atoms with Gasteiger partial charge in [0.25, 0.3) is 0 Å². The minimum atomic E-state index is -1.06. The molecule has 0 atom stereocenters. The zero-order chi connectivity index (χ0) is 10.4. The van der Waals surface area contributed by atoms with Crippen LogP contribution >= 0.6 is 0 Å². The summed E-state index contributed by atoms with van der Waals surface area (Å²) in [6.07, 6.45) is 3.11. The molecule has 1 aromatic carbocycles. The van der Waals surface area contributed by atoms with Gasteiger partial charge in [-0.05, 0) is 18.1 Å². The molecule has 0 saturated carbocycles. The van der Waals surface area contributed by atoms with Crippen LogP contribution in [0, 0.1) is 0 Å². The van der Waals surface area contributed by atoms with Crippen molar-refractivity contribution < 1.29 is 0 Å². The average Bonchev–Trinajstić information content (AvgIpc) is 2.13. The van der Waals surface area contributed by atoms with Gasteiger partial charge in [0.05, 0.1) is 8.07 Å². The van der Waals surface area contributed by atoms with E-state index in [4.69, 9.17) is 0 Å². The molecular formula is C13H18Si. The van der Waals surface area contributed by atoms with Crippen molar-refractivity contribution in [3.05, 3.63) is 53.4 Å². The third-order valence-corrected chi connectivity index (χ3v) is 2.85. The summed E-state index contributed by atoms with van der Waals surface area (Å²) < 4.78 is 0. The lowest BCUT2D eigenvalue weighted by Crippen LogP contribution is -2.14. The van der Waals surface area contributed by atoms with Crippen LogP contribution in [-0.2, 0) is 6.42 Å². The topological polar surface area (TPSA) is 0 Å². The first-order chi connectivity index (χ1) is 6.58. The van der Waals surface area contributed by atoms with Gasteiger partial charge in [0.15, 0.2) is 0 Å². The van der Waals surface area contributed by atoms with E-state index in [0.717, 1.165) is 6.42 Å². The first-order valence-corrected chi connectivity index (χ1v) is 8.62. The van der Waals surface area contributed by atoms with Crippen LogP contribution in [0.5, 0.6) is 0 Å². The molecule has 1 rings (SSSR count). The van der Waals surface area contributed by atoms with Crippen LogP contribution in [0.4, 0.5) is 0 Å². The SMILES string of the molecule is C[Si](C)(C)C=C=CCc1ccccc1. The summed E-state index contributed by atoms with van der Waals surface area (Å²) in [5.41, 5.74) is 6.88. The van der Waals surface area contributed by atoms with Crippen molar-refractivity contribution in [1.29, 1.82) is 0 Å². The highest BCUT2D eigenvalue weighted by Crippen LogP contribution is 2.02. The molecule has 0 unspecified atom stereocenters. The van der Waals surface area contributed by atoms with Gasteiger partial charge in [-0.3, -0.25) is 0 Å². The zero-order valence-electron chi connectivity index (χ0n) is 9.25. The number of rotatable bonds is 3. The Labute approximate surface area is 88.0 Å². The van der Waals surface area contributed by atoms with E-state index in [1.165, 1.54) is 5.56 Å². The largest absolute Gasteiger partial charge is 0.134 e. The highest BCUT2D eigenvalue weighted by molar-refractivity contribution is 6.80. The Balaban J connectivity index is 2.53. The maximum Gasteiger partial charge on any atom is 0.0781 e. The molecule has 0 aromatic heterocycles. The molecule has 0 saturated heterocycles. The Morgan fingerprint density at radius 1 is 1.14 bits per heavy atom. The molecular weight excluding hydrogens is 184 g/mol. The monoisotopic (exact) mass is 202 g/mol. The fourth-order valence-corrected chi connectivity index (χ4v) is 1.72. The zero-order valence-corrected chi connectivity index (χ0v) is 10.2. The van der Waals surface area contributed by atoms with E-state index < -0.39 is 8.07 Å². The molecule has 0 N–H and O–H groups in total. The molecule has 14 heavy (non-hydrogen) atoms. The van der Waals surface area contributed by atoms with Gasteiger partial charge in [-0.15, -0.1) is 5.73 Å². The molecule has 0 heterocycles. The standard InChI is InChI=1S/C13H18Si/c1-14(2,3)12-8-7-11-13-9-5-4-6-10-13/h4-7,9-10,12H,11H2,1-3H3. The Kier molecular flexibility index (Phi) is 3.93. The van der Waals surface area contributed by atoms with E-state index in [1.807, 2.05) is 6.07 Å². The fourth-order valence-electron chi connectivity index (χ4n) is 1.10. The molecule has 0 nitrogen and oxygen atoms in total. The summed E-state index contributed by atoms with van der Waals surface area (Å²) in [5, 5.41) is 0. The van der Waals surface area contributed by atoms with Crippen LogP contribution in [-0.4, -0.2) is 8.07 Å². The smallest absolute Gasteiger partial charge is 0.0781 e. The lowest BCUT2D eigenvalue weighted by molar-refractivity contribution is 1.27. The highest BCUT2D eigenvalue weighted by atomic mass is 28.3. The van der Waals surface area contributed by atoms with E-state index in [1.54, 1.807) is 0 Å². The van der Waals surface area contributed by atoms with Crippen LogP contribution in [0.15, 0.2) is 47.8 Å². The Morgan fingerprint density at radius 3 is 2.36 bits per heavy atom. The van der Waals surface area contributed by atoms with Crippen LogP contribution in [0.2, 0.25) is 19.6 Å². The molecule has 0 fully saturated rings. The first kappa shape index (κ1) is 11.0. The van der Waals surface area contributed by atoms with Crippen LogP contribution in [0.1, 0.15) is 5.56 Å². The third-order valence-electron chi connectivity index (χ3n) is 1.81. The van der Waals surface area contributed by atoms with Crippen molar-refractivity contribution in [2.45, 2.75) is 26.1 Å². The summed E-state index contributed by atoms with van der Waals surface area (Å²) in [5.74, 6) is 0. The van der Waals surface area contributed by atoms with Gasteiger partial charge in [-0.1, -0.05) is 55.7 Å². The second-order valence-electron chi connectivity index (χ2n) is 4.57. The molecule has 0 aliphatic carbocycles. The van der Waals surface area contributed by atoms with Gasteiger partial charge in [0.2, 0.25) is 0 Å². The summed E-state index contributed by atoms with van der Waals surface area (Å²) in [6.45, 7) is 6.95. The van der Waals surface area contributed by atoms with Gasteiger partial charge in [0, 0.05) is 0 Å². The highest BCUT2D eigenvalue weighted by Gasteiger charge is 2.05. The lowest BCUT2D eigenvalue weighted by Gasteiger charge is -2.04. The molecule has 74 valence electrons. The van der Waals surface area contributed by atoms with E-state index in [9.17, 15) is 0 Å². The van der Waals surface area contributed by atoms with Gasteiger partial charge < -0.3 is 0 Å². The average molecular weight is 202 g/mol. The molecule has 0 amide bonds. The van der Waals surface area contributed by atoms with Crippen LogP contribution in [0.3, 0.4) is 0 Å². The Bertz CT molecular complexity index is 324. The van der Waals surface area contributed by atoms with E-state index >= 15 is 0 Å². The molecule has 0 aliphatic heterocycles.